The summed E-state index contributed by atoms with van der Waals surface area (Å²) in [4.78, 5) is 7.55. The fraction of sp³-hybridized carbons (Fsp3) is 0. The summed E-state index contributed by atoms with van der Waals surface area (Å²) in [7, 11) is 0. The second kappa shape index (κ2) is 12.6. The molecule has 0 saturated carbocycles. The molecule has 254 valence electrons. The first kappa shape index (κ1) is 31.0. The van der Waals surface area contributed by atoms with Gasteiger partial charge < -0.3 is 9.32 Å². The highest BCUT2D eigenvalue weighted by Crippen LogP contribution is 2.45. The molecule has 0 atom stereocenters. The van der Waals surface area contributed by atoms with Crippen molar-refractivity contribution in [2.75, 3.05) is 4.90 Å². The second-order valence-corrected chi connectivity index (χ2v) is 15.6. The Morgan fingerprint density at radius 3 is 1.76 bits per heavy atom. The monoisotopic (exact) mass is 726 g/mol. The molecule has 0 aliphatic carbocycles. The van der Waals surface area contributed by atoms with Crippen molar-refractivity contribution in [3.05, 3.63) is 182 Å². The standard InChI is InChI=1S/C49H30N2OS2/c1-3-10-31(11-4-1)32-18-23-36(24-19-32)51(40-15-9-17-42-46(40)38-14-7-8-16-41(38)52-42)37-25-20-33(21-26-37)35-22-27-43-39(30-35)47-44(53-43)28-29-45-48(47)50-49(54-45)34-12-5-2-6-13-34/h1-30H. The van der Waals surface area contributed by atoms with Gasteiger partial charge in [-0.2, -0.15) is 0 Å². The van der Waals surface area contributed by atoms with Crippen molar-refractivity contribution < 1.29 is 4.42 Å². The number of thiophene rings is 1. The van der Waals surface area contributed by atoms with Crippen LogP contribution in [0.25, 0.3) is 85.2 Å². The molecule has 11 aromatic rings. The molecule has 0 N–H and O–H groups in total. The maximum atomic E-state index is 6.35. The highest BCUT2D eigenvalue weighted by molar-refractivity contribution is 7.26. The highest BCUT2D eigenvalue weighted by atomic mass is 32.1. The molecule has 0 fully saturated rings. The van der Waals surface area contributed by atoms with Crippen molar-refractivity contribution in [3.8, 4) is 32.8 Å². The van der Waals surface area contributed by atoms with Gasteiger partial charge in [-0.3, -0.25) is 0 Å². The molecule has 3 aromatic heterocycles. The lowest BCUT2D eigenvalue weighted by Gasteiger charge is -2.26. The molecule has 11 rings (SSSR count). The fourth-order valence-corrected chi connectivity index (χ4v) is 9.81. The number of fused-ring (bicyclic) bond motifs is 8. The topological polar surface area (TPSA) is 29.3 Å². The van der Waals surface area contributed by atoms with Gasteiger partial charge in [-0.15, -0.1) is 22.7 Å². The summed E-state index contributed by atoms with van der Waals surface area (Å²) in [6.45, 7) is 0. The van der Waals surface area contributed by atoms with E-state index < -0.39 is 0 Å². The number of benzene rings is 8. The van der Waals surface area contributed by atoms with Crippen LogP contribution in [-0.2, 0) is 0 Å². The Kier molecular flexibility index (Phi) is 7.22. The first-order valence-corrected chi connectivity index (χ1v) is 19.7. The highest BCUT2D eigenvalue weighted by Gasteiger charge is 2.20. The van der Waals surface area contributed by atoms with E-state index in [2.05, 4.69) is 175 Å². The molecule has 0 unspecified atom stereocenters. The molecule has 0 spiro atoms. The molecule has 54 heavy (non-hydrogen) atoms. The van der Waals surface area contributed by atoms with Gasteiger partial charge in [0, 0.05) is 42.5 Å². The third-order valence-electron chi connectivity index (χ3n) is 10.3. The quantitative estimate of drug-likeness (QED) is 0.171. The lowest BCUT2D eigenvalue weighted by atomic mass is 10.0. The second-order valence-electron chi connectivity index (χ2n) is 13.5. The summed E-state index contributed by atoms with van der Waals surface area (Å²) in [5.74, 6) is 0. The van der Waals surface area contributed by atoms with Crippen molar-refractivity contribution in [1.29, 1.82) is 0 Å². The maximum Gasteiger partial charge on any atom is 0.137 e. The van der Waals surface area contributed by atoms with E-state index in [0.717, 1.165) is 55.1 Å². The summed E-state index contributed by atoms with van der Waals surface area (Å²) < 4.78 is 10.1. The van der Waals surface area contributed by atoms with Gasteiger partial charge in [-0.1, -0.05) is 115 Å². The number of thiazole rings is 1. The van der Waals surface area contributed by atoms with Crippen molar-refractivity contribution in [2.45, 2.75) is 0 Å². The number of hydrogen-bond acceptors (Lipinski definition) is 5. The lowest BCUT2D eigenvalue weighted by molar-refractivity contribution is 0.669. The molecule has 0 aliphatic heterocycles. The van der Waals surface area contributed by atoms with E-state index in [1.54, 1.807) is 11.3 Å². The molecule has 0 saturated heterocycles. The molecule has 0 radical (unpaired) electrons. The smallest absolute Gasteiger partial charge is 0.137 e. The van der Waals surface area contributed by atoms with Crippen LogP contribution in [0.3, 0.4) is 0 Å². The molecule has 3 nitrogen and oxygen atoms in total. The summed E-state index contributed by atoms with van der Waals surface area (Å²) in [6.07, 6.45) is 0. The minimum Gasteiger partial charge on any atom is -0.456 e. The van der Waals surface area contributed by atoms with Crippen LogP contribution in [0.5, 0.6) is 0 Å². The van der Waals surface area contributed by atoms with E-state index in [-0.39, 0.29) is 0 Å². The van der Waals surface area contributed by atoms with Crippen LogP contribution in [0.1, 0.15) is 0 Å². The van der Waals surface area contributed by atoms with Crippen molar-refractivity contribution in [1.82, 2.24) is 4.98 Å². The summed E-state index contributed by atoms with van der Waals surface area (Å²) in [6, 6.07) is 64.8. The average Bonchev–Trinajstić information content (AvgIpc) is 3.95. The van der Waals surface area contributed by atoms with Crippen LogP contribution in [0, 0.1) is 0 Å². The molecule has 0 amide bonds. The first-order chi connectivity index (χ1) is 26.7. The van der Waals surface area contributed by atoms with Gasteiger partial charge in [0.05, 0.1) is 21.3 Å². The van der Waals surface area contributed by atoms with Crippen molar-refractivity contribution in [2.24, 2.45) is 0 Å². The van der Waals surface area contributed by atoms with Crippen molar-refractivity contribution in [3.63, 3.8) is 0 Å². The Hall–Kier alpha value is -6.53. The molecule has 3 heterocycles. The summed E-state index contributed by atoms with van der Waals surface area (Å²) in [5, 5.41) is 5.76. The number of aromatic nitrogens is 1. The van der Waals surface area contributed by atoms with E-state index in [9.17, 15) is 0 Å². The van der Waals surface area contributed by atoms with Crippen LogP contribution >= 0.6 is 22.7 Å². The average molecular weight is 727 g/mol. The van der Waals surface area contributed by atoms with Crippen LogP contribution in [0.2, 0.25) is 0 Å². The lowest BCUT2D eigenvalue weighted by Crippen LogP contribution is -2.10. The van der Waals surface area contributed by atoms with E-state index in [1.165, 1.54) is 47.1 Å². The Morgan fingerprint density at radius 1 is 0.407 bits per heavy atom. The third kappa shape index (κ3) is 5.12. The molecular weight excluding hydrogens is 697 g/mol. The predicted molar refractivity (Wildman–Crippen MR) is 231 cm³/mol. The van der Waals surface area contributed by atoms with E-state index >= 15 is 0 Å². The van der Waals surface area contributed by atoms with Gasteiger partial charge in [-0.25, -0.2) is 4.98 Å². The Labute approximate surface area is 319 Å². The minimum absolute atomic E-state index is 0.873. The molecule has 8 aromatic carbocycles. The number of furan rings is 1. The Balaban J connectivity index is 1.03. The van der Waals surface area contributed by atoms with E-state index in [1.807, 2.05) is 23.5 Å². The maximum absolute atomic E-state index is 6.35. The van der Waals surface area contributed by atoms with Crippen LogP contribution in [-0.4, -0.2) is 4.98 Å². The number of rotatable bonds is 6. The largest absolute Gasteiger partial charge is 0.456 e. The minimum atomic E-state index is 0.873. The zero-order chi connectivity index (χ0) is 35.6. The van der Waals surface area contributed by atoms with Gasteiger partial charge in [0.25, 0.3) is 0 Å². The van der Waals surface area contributed by atoms with Gasteiger partial charge in [0.2, 0.25) is 0 Å². The fourth-order valence-electron chi connectivity index (χ4n) is 7.74. The van der Waals surface area contributed by atoms with Crippen LogP contribution in [0.15, 0.2) is 186 Å². The number of nitrogens with zero attached hydrogens (tertiary/aromatic N) is 2. The Morgan fingerprint density at radius 2 is 1.00 bits per heavy atom. The number of anilines is 3. The first-order valence-electron chi connectivity index (χ1n) is 18.0. The number of hydrogen-bond donors (Lipinski definition) is 0. The zero-order valence-corrected chi connectivity index (χ0v) is 30.6. The zero-order valence-electron chi connectivity index (χ0n) is 28.9. The normalized spacial score (nSPS) is 11.7. The van der Waals surface area contributed by atoms with Gasteiger partial charge in [-0.05, 0) is 89.0 Å². The van der Waals surface area contributed by atoms with Crippen LogP contribution < -0.4 is 4.90 Å². The third-order valence-corrected chi connectivity index (χ3v) is 12.5. The molecule has 0 bridgehead atoms. The molecule has 5 heteroatoms. The summed E-state index contributed by atoms with van der Waals surface area (Å²) >= 11 is 3.60. The molecule has 0 aliphatic rings. The summed E-state index contributed by atoms with van der Waals surface area (Å²) in [5.41, 5.74) is 12.0. The van der Waals surface area contributed by atoms with Gasteiger partial charge >= 0.3 is 0 Å². The molecular formula is C49H30N2OS2. The van der Waals surface area contributed by atoms with Gasteiger partial charge in [0.1, 0.15) is 16.2 Å². The SMILES string of the molecule is c1ccc(-c2ccc(N(c3ccc(-c4ccc5sc6ccc7sc(-c8ccccc8)nc7c6c5c4)cc3)c3cccc4oc5ccccc5c34)cc2)cc1. The van der Waals surface area contributed by atoms with E-state index in [0.29, 0.717) is 0 Å². The predicted octanol–water partition coefficient (Wildman–Crippen LogP) is 15.0. The van der Waals surface area contributed by atoms with Crippen molar-refractivity contribution >= 4 is 92.1 Å². The van der Waals surface area contributed by atoms with Crippen LogP contribution in [0.4, 0.5) is 17.1 Å². The van der Waals surface area contributed by atoms with E-state index in [4.69, 9.17) is 9.40 Å². The Bertz CT molecular complexity index is 3140. The van der Waals surface area contributed by atoms with Gasteiger partial charge in [0.15, 0.2) is 0 Å². The number of para-hydroxylation sites is 1.